The lowest BCUT2D eigenvalue weighted by Crippen LogP contribution is -2.41. The van der Waals surface area contributed by atoms with Crippen molar-refractivity contribution in [3.63, 3.8) is 0 Å². The van der Waals surface area contributed by atoms with Crippen molar-refractivity contribution < 1.29 is 0 Å². The summed E-state index contributed by atoms with van der Waals surface area (Å²) in [6, 6.07) is 0. The fourth-order valence-corrected chi connectivity index (χ4v) is 2.71. The van der Waals surface area contributed by atoms with E-state index in [0.717, 1.165) is 6.54 Å². The summed E-state index contributed by atoms with van der Waals surface area (Å²) in [4.78, 5) is 5.86. The molecule has 1 fully saturated rings. The molecule has 0 radical (unpaired) electrons. The van der Waals surface area contributed by atoms with Gasteiger partial charge in [0.15, 0.2) is 0 Å². The smallest absolute Gasteiger partial charge is 0.108 e. The van der Waals surface area contributed by atoms with Gasteiger partial charge in [0, 0.05) is 18.0 Å². The molecule has 1 aliphatic heterocycles. The van der Waals surface area contributed by atoms with Crippen LogP contribution in [-0.4, -0.2) is 23.1 Å². The Labute approximate surface area is 95.5 Å². The first kappa shape index (κ1) is 11.0. The molecular formula is C11H19N3S. The summed E-state index contributed by atoms with van der Waals surface area (Å²) in [6.45, 7) is 7.47. The predicted molar refractivity (Wildman–Crippen MR) is 63.9 cm³/mol. The van der Waals surface area contributed by atoms with Gasteiger partial charge in [0.2, 0.25) is 0 Å². The van der Waals surface area contributed by atoms with Gasteiger partial charge in [-0.2, -0.15) is 0 Å². The number of hydrazine groups is 1. The van der Waals surface area contributed by atoms with Crippen LogP contribution >= 0.6 is 11.3 Å². The van der Waals surface area contributed by atoms with Crippen molar-refractivity contribution in [3.8, 4) is 0 Å². The molecule has 3 nitrogen and oxygen atoms in total. The zero-order valence-corrected chi connectivity index (χ0v) is 10.4. The first-order valence-electron chi connectivity index (χ1n) is 5.67. The van der Waals surface area contributed by atoms with E-state index in [9.17, 15) is 0 Å². The normalized spacial score (nSPS) is 18.3. The zero-order chi connectivity index (χ0) is 10.7. The van der Waals surface area contributed by atoms with Crippen molar-refractivity contribution in [2.24, 2.45) is 0 Å². The van der Waals surface area contributed by atoms with E-state index in [2.05, 4.69) is 29.3 Å². The highest BCUT2D eigenvalue weighted by Gasteiger charge is 2.10. The third-order valence-corrected chi connectivity index (χ3v) is 3.96. The largest absolute Gasteiger partial charge is 0.248 e. The average Bonchev–Trinajstić information content (AvgIpc) is 2.57. The molecule has 2 rings (SSSR count). The number of nitrogens with zero attached hydrogens (tertiary/aromatic N) is 2. The van der Waals surface area contributed by atoms with Crippen LogP contribution in [0.1, 0.15) is 34.8 Å². The minimum Gasteiger partial charge on any atom is -0.248 e. The Bertz CT molecular complexity index is 296. The minimum absolute atomic E-state index is 0.888. The highest BCUT2D eigenvalue weighted by Crippen LogP contribution is 2.16. The van der Waals surface area contributed by atoms with E-state index in [4.69, 9.17) is 0 Å². The monoisotopic (exact) mass is 225 g/mol. The average molecular weight is 225 g/mol. The topological polar surface area (TPSA) is 28.2 Å². The van der Waals surface area contributed by atoms with Crippen LogP contribution in [-0.2, 0) is 6.54 Å². The molecule has 1 saturated heterocycles. The second-order valence-corrected chi connectivity index (χ2v) is 5.42. The summed E-state index contributed by atoms with van der Waals surface area (Å²) in [6.07, 6.45) is 4.03. The van der Waals surface area contributed by atoms with Crippen LogP contribution in [0.5, 0.6) is 0 Å². The first-order chi connectivity index (χ1) is 7.25. The van der Waals surface area contributed by atoms with Crippen LogP contribution in [0.3, 0.4) is 0 Å². The van der Waals surface area contributed by atoms with Gasteiger partial charge in [-0.05, 0) is 26.7 Å². The number of piperidine rings is 1. The molecule has 1 aromatic rings. The summed E-state index contributed by atoms with van der Waals surface area (Å²) in [5.41, 5.74) is 4.64. The summed E-state index contributed by atoms with van der Waals surface area (Å²) in [7, 11) is 0. The first-order valence-corrected chi connectivity index (χ1v) is 6.49. The molecule has 0 amide bonds. The summed E-state index contributed by atoms with van der Waals surface area (Å²) < 4.78 is 0. The number of rotatable bonds is 3. The highest BCUT2D eigenvalue weighted by atomic mass is 32.1. The van der Waals surface area contributed by atoms with Crippen LogP contribution < -0.4 is 5.43 Å². The number of aryl methyl sites for hydroxylation is 2. The fraction of sp³-hybridized carbons (Fsp3) is 0.727. The molecule has 1 aliphatic rings. The van der Waals surface area contributed by atoms with Gasteiger partial charge in [-0.3, -0.25) is 0 Å². The van der Waals surface area contributed by atoms with Gasteiger partial charge in [0.05, 0.1) is 12.2 Å². The highest BCUT2D eigenvalue weighted by molar-refractivity contribution is 7.11. The maximum atomic E-state index is 4.52. The van der Waals surface area contributed by atoms with Gasteiger partial charge in [0.1, 0.15) is 5.01 Å². The van der Waals surface area contributed by atoms with Gasteiger partial charge < -0.3 is 0 Å². The molecule has 0 unspecified atom stereocenters. The number of nitrogens with one attached hydrogen (secondary N) is 1. The second kappa shape index (κ2) is 5.05. The molecule has 0 aliphatic carbocycles. The van der Waals surface area contributed by atoms with Gasteiger partial charge in [-0.25, -0.2) is 15.4 Å². The van der Waals surface area contributed by atoms with E-state index in [1.807, 2.05) is 0 Å². The Balaban J connectivity index is 1.81. The van der Waals surface area contributed by atoms with E-state index >= 15 is 0 Å². The standard InChI is InChI=1S/C11H19N3S/c1-9-10(2)15-11(13-9)8-12-14-6-4-3-5-7-14/h12H,3-8H2,1-2H3. The molecule has 4 heteroatoms. The number of thiazole rings is 1. The van der Waals surface area contributed by atoms with Crippen molar-refractivity contribution in [2.75, 3.05) is 13.1 Å². The van der Waals surface area contributed by atoms with Crippen LogP contribution in [0.25, 0.3) is 0 Å². The number of hydrogen-bond donors (Lipinski definition) is 1. The van der Waals surface area contributed by atoms with Crippen molar-refractivity contribution in [3.05, 3.63) is 15.6 Å². The lowest BCUT2D eigenvalue weighted by atomic mass is 10.2. The van der Waals surface area contributed by atoms with Gasteiger partial charge >= 0.3 is 0 Å². The molecule has 0 bridgehead atoms. The van der Waals surface area contributed by atoms with E-state index in [1.165, 1.54) is 47.9 Å². The van der Waals surface area contributed by atoms with Crippen molar-refractivity contribution in [1.29, 1.82) is 0 Å². The quantitative estimate of drug-likeness (QED) is 0.855. The van der Waals surface area contributed by atoms with Crippen molar-refractivity contribution in [2.45, 2.75) is 39.7 Å². The minimum atomic E-state index is 0.888. The van der Waals surface area contributed by atoms with E-state index in [0.29, 0.717) is 0 Å². The molecule has 2 heterocycles. The third-order valence-electron chi connectivity index (χ3n) is 2.88. The van der Waals surface area contributed by atoms with E-state index in [-0.39, 0.29) is 0 Å². The number of aromatic nitrogens is 1. The molecule has 15 heavy (non-hydrogen) atoms. The molecule has 1 aromatic heterocycles. The Morgan fingerprint density at radius 3 is 2.60 bits per heavy atom. The molecule has 84 valence electrons. The Hall–Kier alpha value is -0.450. The predicted octanol–water partition coefficient (Wildman–Crippen LogP) is 2.25. The lowest BCUT2D eigenvalue weighted by molar-refractivity contribution is 0.151. The van der Waals surface area contributed by atoms with Gasteiger partial charge in [0.25, 0.3) is 0 Å². The van der Waals surface area contributed by atoms with Gasteiger partial charge in [-0.15, -0.1) is 11.3 Å². The Kier molecular flexibility index (Phi) is 3.72. The number of hydrogen-bond acceptors (Lipinski definition) is 4. The van der Waals surface area contributed by atoms with E-state index < -0.39 is 0 Å². The Morgan fingerprint density at radius 1 is 1.27 bits per heavy atom. The van der Waals surface area contributed by atoms with Crippen molar-refractivity contribution in [1.82, 2.24) is 15.4 Å². The van der Waals surface area contributed by atoms with Crippen LogP contribution in [0.2, 0.25) is 0 Å². The molecule has 0 aromatic carbocycles. The second-order valence-electron chi connectivity index (χ2n) is 4.13. The fourth-order valence-electron chi connectivity index (χ4n) is 1.85. The molecule has 0 saturated carbocycles. The third kappa shape index (κ3) is 3.00. The summed E-state index contributed by atoms with van der Waals surface area (Å²) in [5, 5.41) is 3.53. The molecule has 0 atom stereocenters. The maximum Gasteiger partial charge on any atom is 0.108 e. The molecule has 0 spiro atoms. The maximum absolute atomic E-state index is 4.52. The molecular weight excluding hydrogens is 206 g/mol. The van der Waals surface area contributed by atoms with Crippen LogP contribution in [0, 0.1) is 13.8 Å². The lowest BCUT2D eigenvalue weighted by Gasteiger charge is -2.26. The SMILES string of the molecule is Cc1nc(CNN2CCCCC2)sc1C. The molecule has 1 N–H and O–H groups in total. The van der Waals surface area contributed by atoms with Crippen LogP contribution in [0.15, 0.2) is 0 Å². The van der Waals surface area contributed by atoms with Crippen LogP contribution in [0.4, 0.5) is 0 Å². The summed E-state index contributed by atoms with van der Waals surface area (Å²) >= 11 is 1.80. The van der Waals surface area contributed by atoms with Gasteiger partial charge in [-0.1, -0.05) is 6.42 Å². The van der Waals surface area contributed by atoms with E-state index in [1.54, 1.807) is 11.3 Å². The Morgan fingerprint density at radius 2 is 2.00 bits per heavy atom. The van der Waals surface area contributed by atoms with Crippen molar-refractivity contribution >= 4 is 11.3 Å². The zero-order valence-electron chi connectivity index (χ0n) is 9.55. The summed E-state index contributed by atoms with van der Waals surface area (Å²) in [5.74, 6) is 0.